The van der Waals surface area contributed by atoms with Crippen molar-refractivity contribution in [3.63, 3.8) is 0 Å². The Hall–Kier alpha value is -1.61. The van der Waals surface area contributed by atoms with Gasteiger partial charge in [0.1, 0.15) is 6.67 Å². The van der Waals surface area contributed by atoms with E-state index < -0.39 is 18.3 Å². The summed E-state index contributed by atoms with van der Waals surface area (Å²) in [6.45, 7) is -1.17. The average Bonchev–Trinajstić information content (AvgIpc) is 2.29. The van der Waals surface area contributed by atoms with E-state index in [2.05, 4.69) is 4.94 Å². The topological polar surface area (TPSA) is 33.0 Å². The van der Waals surface area contributed by atoms with Crippen molar-refractivity contribution in [2.75, 3.05) is 0 Å². The zero-order valence-electron chi connectivity index (χ0n) is 8.01. The van der Waals surface area contributed by atoms with E-state index in [1.165, 1.54) is 6.07 Å². The van der Waals surface area contributed by atoms with Gasteiger partial charge in [-0.05, 0) is 21.7 Å². The highest BCUT2D eigenvalue weighted by atomic mass is 19.4. The number of rotatable bonds is 4. The Balaban J connectivity index is 3.23. The van der Waals surface area contributed by atoms with Crippen LogP contribution in [0.1, 0.15) is 16.7 Å². The van der Waals surface area contributed by atoms with E-state index in [4.69, 9.17) is 5.26 Å². The molecule has 0 aromatic heterocycles. The molecule has 16 heavy (non-hydrogen) atoms. The van der Waals surface area contributed by atoms with Crippen molar-refractivity contribution in [1.29, 1.82) is 5.26 Å². The molecule has 0 bridgehead atoms. The first-order valence-electron chi connectivity index (χ1n) is 4.28. The summed E-state index contributed by atoms with van der Waals surface area (Å²) in [4.78, 5) is 2.52. The third-order valence-electron chi connectivity index (χ3n) is 2.01. The van der Waals surface area contributed by atoms with Crippen LogP contribution in [0.3, 0.4) is 0 Å². The smallest absolute Gasteiger partial charge is 0.246 e. The maximum absolute atomic E-state index is 12.9. The minimum absolute atomic E-state index is 0.123. The summed E-state index contributed by atoms with van der Waals surface area (Å²) in [5.41, 5.74) is -1.03. The molecule has 0 radical (unpaired) electrons. The van der Waals surface area contributed by atoms with Crippen LogP contribution in [-0.4, -0.2) is 0 Å². The normalized spacial score (nSPS) is 11.2. The van der Waals surface area contributed by atoms with Gasteiger partial charge in [0.15, 0.2) is 0 Å². The highest BCUT2D eigenvalue weighted by Gasteiger charge is 2.37. The Labute approximate surface area is 89.0 Å². The van der Waals surface area contributed by atoms with Gasteiger partial charge in [-0.1, -0.05) is 12.1 Å². The van der Waals surface area contributed by atoms with Gasteiger partial charge in [-0.2, -0.15) is 14.0 Å². The largest absolute Gasteiger partial charge is 0.413 e. The Bertz CT molecular complexity index is 414. The van der Waals surface area contributed by atoms with Crippen LogP contribution in [0.4, 0.5) is 17.7 Å². The molecule has 0 fully saturated rings. The molecule has 0 aliphatic rings. The number of hydrogen-bond acceptors (Lipinski definition) is 2. The van der Waals surface area contributed by atoms with Crippen LogP contribution >= 0.6 is 0 Å². The minimum atomic E-state index is -4.20. The first-order valence-corrected chi connectivity index (χ1v) is 4.28. The Morgan fingerprint density at radius 1 is 1.38 bits per heavy atom. The number of halogens is 4. The van der Waals surface area contributed by atoms with Gasteiger partial charge in [-0.25, -0.2) is 4.39 Å². The molecule has 0 N–H and O–H groups in total. The van der Waals surface area contributed by atoms with Gasteiger partial charge in [0.05, 0.1) is 18.1 Å². The van der Waals surface area contributed by atoms with Gasteiger partial charge in [-0.15, -0.1) is 4.94 Å². The maximum atomic E-state index is 12.9. The van der Waals surface area contributed by atoms with E-state index in [1.54, 1.807) is 6.07 Å². The van der Waals surface area contributed by atoms with Gasteiger partial charge >= 0.3 is 6.11 Å². The lowest BCUT2D eigenvalue weighted by atomic mass is 10.0. The lowest BCUT2D eigenvalue weighted by Gasteiger charge is -2.14. The molecule has 1 aromatic carbocycles. The molecule has 1 rings (SSSR count). The van der Waals surface area contributed by atoms with E-state index in [9.17, 15) is 17.7 Å². The summed E-state index contributed by atoms with van der Waals surface area (Å²) in [5.74, 6) is 0. The zero-order valence-corrected chi connectivity index (χ0v) is 8.01. The molecule has 2 nitrogen and oxygen atoms in total. The molecule has 86 valence electrons. The molecule has 0 saturated carbocycles. The van der Waals surface area contributed by atoms with E-state index >= 15 is 0 Å². The average molecular weight is 233 g/mol. The number of alkyl halides is 3. The fraction of sp³-hybridized carbons (Fsp3) is 0.300. The lowest BCUT2D eigenvalue weighted by Crippen LogP contribution is -2.16. The second-order valence-electron chi connectivity index (χ2n) is 3.05. The van der Waals surface area contributed by atoms with Crippen LogP contribution in [0.5, 0.6) is 0 Å². The predicted molar refractivity (Wildman–Crippen MR) is 46.7 cm³/mol. The zero-order chi connectivity index (χ0) is 12.2. The Morgan fingerprint density at radius 2 is 2.06 bits per heavy atom. The number of nitriles is 1. The lowest BCUT2D eigenvalue weighted by molar-refractivity contribution is -0.364. The Kier molecular flexibility index (Phi) is 3.85. The summed E-state index contributed by atoms with van der Waals surface area (Å²) in [6.07, 6.45) is -4.32. The third-order valence-corrected chi connectivity index (χ3v) is 2.01. The number of nitrogens with zero attached hydrogens (tertiary/aromatic N) is 1. The van der Waals surface area contributed by atoms with Crippen LogP contribution in [-0.2, 0) is 24.1 Å². The van der Waals surface area contributed by atoms with Crippen molar-refractivity contribution in [3.05, 3.63) is 34.9 Å². The molecule has 0 heterocycles. The molecular weight excluding hydrogens is 226 g/mol. The van der Waals surface area contributed by atoms with Gasteiger partial charge in [0.2, 0.25) is 0 Å². The summed E-state index contributed by atoms with van der Waals surface area (Å²) in [7, 11) is 0. The molecule has 0 spiro atoms. The van der Waals surface area contributed by atoms with E-state index in [0.29, 0.717) is 0 Å². The van der Waals surface area contributed by atoms with E-state index in [0.717, 1.165) is 12.1 Å². The van der Waals surface area contributed by atoms with Crippen molar-refractivity contribution >= 4 is 0 Å². The first kappa shape index (κ1) is 12.5. The molecule has 0 aliphatic carbocycles. The SMILES string of the molecule is N#CCc1ccc(CF)c(C(F)(F)OF)c1. The van der Waals surface area contributed by atoms with Crippen molar-refractivity contribution < 1.29 is 22.6 Å². The van der Waals surface area contributed by atoms with Gasteiger partial charge in [-0.3, -0.25) is 0 Å². The summed E-state index contributed by atoms with van der Waals surface area (Å²) >= 11 is 0. The van der Waals surface area contributed by atoms with E-state index in [1.807, 2.05) is 0 Å². The maximum Gasteiger partial charge on any atom is 0.413 e. The van der Waals surface area contributed by atoms with Gasteiger partial charge in [0, 0.05) is 0 Å². The van der Waals surface area contributed by atoms with Crippen molar-refractivity contribution in [3.8, 4) is 6.07 Å². The molecule has 0 unspecified atom stereocenters. The fourth-order valence-corrected chi connectivity index (χ4v) is 1.25. The van der Waals surface area contributed by atoms with Crippen LogP contribution in [0.2, 0.25) is 0 Å². The number of benzene rings is 1. The molecular formula is C10H7F4NO. The summed E-state index contributed by atoms with van der Waals surface area (Å²) < 4.78 is 49.9. The Morgan fingerprint density at radius 3 is 2.56 bits per heavy atom. The monoisotopic (exact) mass is 233 g/mol. The highest BCUT2D eigenvalue weighted by molar-refractivity contribution is 5.35. The predicted octanol–water partition coefficient (Wildman–Crippen LogP) is 3.17. The molecule has 1 aromatic rings. The first-order chi connectivity index (χ1) is 7.55. The van der Waals surface area contributed by atoms with Crippen LogP contribution in [0.25, 0.3) is 0 Å². The quantitative estimate of drug-likeness (QED) is 0.748. The molecule has 0 atom stereocenters. The standard InChI is InChI=1S/C10H7F4NO/c11-6-8-2-1-7(3-4-15)5-9(8)10(12,13)16-14/h1-2,5H,3,6H2. The minimum Gasteiger partial charge on any atom is -0.246 e. The second kappa shape index (κ2) is 4.94. The molecule has 0 aliphatic heterocycles. The molecule has 6 heteroatoms. The van der Waals surface area contributed by atoms with Crippen molar-refractivity contribution in [1.82, 2.24) is 0 Å². The molecule has 0 amide bonds. The third kappa shape index (κ3) is 2.49. The van der Waals surface area contributed by atoms with Gasteiger partial charge in [0.25, 0.3) is 0 Å². The summed E-state index contributed by atoms with van der Waals surface area (Å²) in [5, 5.41) is 8.38. The molecule has 0 saturated heterocycles. The van der Waals surface area contributed by atoms with Crippen LogP contribution < -0.4 is 0 Å². The highest BCUT2D eigenvalue weighted by Crippen LogP contribution is 2.33. The van der Waals surface area contributed by atoms with Crippen LogP contribution in [0, 0.1) is 11.3 Å². The van der Waals surface area contributed by atoms with E-state index in [-0.39, 0.29) is 17.5 Å². The van der Waals surface area contributed by atoms with Crippen molar-refractivity contribution in [2.24, 2.45) is 0 Å². The van der Waals surface area contributed by atoms with Crippen molar-refractivity contribution in [2.45, 2.75) is 19.2 Å². The number of hydrogen-bond donors (Lipinski definition) is 0. The van der Waals surface area contributed by atoms with Gasteiger partial charge < -0.3 is 0 Å². The fourth-order valence-electron chi connectivity index (χ4n) is 1.25. The second-order valence-corrected chi connectivity index (χ2v) is 3.05. The van der Waals surface area contributed by atoms with Crippen LogP contribution in [0.15, 0.2) is 18.2 Å². The summed E-state index contributed by atoms with van der Waals surface area (Å²) in [6, 6.07) is 5.01.